The van der Waals surface area contributed by atoms with Crippen molar-refractivity contribution in [2.24, 2.45) is 0 Å². The average molecular weight is 325 g/mol. The number of hydrogen-bond donors (Lipinski definition) is 1. The van der Waals surface area contributed by atoms with Crippen LogP contribution in [0.1, 0.15) is 4.88 Å². The second kappa shape index (κ2) is 3.63. The molecule has 0 bridgehead atoms. The summed E-state index contributed by atoms with van der Waals surface area (Å²) in [6, 6.07) is 6.01. The van der Waals surface area contributed by atoms with E-state index in [1.165, 1.54) is 0 Å². The van der Waals surface area contributed by atoms with Crippen LogP contribution in [0.15, 0.2) is 18.2 Å². The number of rotatable bonds is 1. The van der Waals surface area contributed by atoms with Crippen LogP contribution in [-0.2, 0) is 5.88 Å². The summed E-state index contributed by atoms with van der Waals surface area (Å²) < 4.78 is 2.22. The van der Waals surface area contributed by atoms with Crippen LogP contribution in [0.25, 0.3) is 10.1 Å². The highest BCUT2D eigenvalue weighted by Crippen LogP contribution is 2.38. The highest BCUT2D eigenvalue weighted by Gasteiger charge is 2.09. The quantitative estimate of drug-likeness (QED) is 0.622. The van der Waals surface area contributed by atoms with Crippen molar-refractivity contribution in [3.05, 3.63) is 26.6 Å². The molecule has 1 N–H and O–H groups in total. The number of halogens is 2. The molecule has 0 fully saturated rings. The molecule has 1 aromatic heterocycles. The van der Waals surface area contributed by atoms with Crippen LogP contribution in [0.2, 0.25) is 0 Å². The number of alkyl halides is 1. The predicted molar refractivity (Wildman–Crippen MR) is 65.8 cm³/mol. The van der Waals surface area contributed by atoms with Crippen LogP contribution in [0.3, 0.4) is 0 Å². The van der Waals surface area contributed by atoms with Crippen LogP contribution in [-0.4, -0.2) is 5.11 Å². The molecule has 0 aliphatic rings. The monoisotopic (exact) mass is 324 g/mol. The van der Waals surface area contributed by atoms with E-state index < -0.39 is 0 Å². The molecule has 0 radical (unpaired) electrons. The standard InChI is InChI=1S/C9H6ClIOS/c10-4-8-9(12)6-3-5(11)1-2-7(6)13-8/h1-3,12H,4H2. The Bertz CT molecular complexity index is 452. The van der Waals surface area contributed by atoms with Crippen molar-refractivity contribution in [3.63, 3.8) is 0 Å². The van der Waals surface area contributed by atoms with Gasteiger partial charge in [0.25, 0.3) is 0 Å². The molecule has 4 heteroatoms. The fourth-order valence-corrected chi connectivity index (χ4v) is 2.91. The largest absolute Gasteiger partial charge is 0.506 e. The van der Waals surface area contributed by atoms with Gasteiger partial charge in [0.2, 0.25) is 0 Å². The number of aromatic hydroxyl groups is 1. The number of hydrogen-bond acceptors (Lipinski definition) is 2. The first-order chi connectivity index (χ1) is 6.22. The third-order valence-corrected chi connectivity index (χ3v) is 4.07. The minimum Gasteiger partial charge on any atom is -0.506 e. The van der Waals surface area contributed by atoms with E-state index in [-0.39, 0.29) is 0 Å². The highest BCUT2D eigenvalue weighted by molar-refractivity contribution is 14.1. The van der Waals surface area contributed by atoms with Gasteiger partial charge in [0.05, 0.1) is 10.8 Å². The van der Waals surface area contributed by atoms with Gasteiger partial charge < -0.3 is 5.11 Å². The lowest BCUT2D eigenvalue weighted by atomic mass is 10.2. The first-order valence-corrected chi connectivity index (χ1v) is 6.11. The lowest BCUT2D eigenvalue weighted by Crippen LogP contribution is -1.70. The van der Waals surface area contributed by atoms with Crippen LogP contribution in [0.5, 0.6) is 5.75 Å². The van der Waals surface area contributed by atoms with Gasteiger partial charge in [-0.3, -0.25) is 0 Å². The molecular weight excluding hydrogens is 319 g/mol. The van der Waals surface area contributed by atoms with Gasteiger partial charge in [0, 0.05) is 13.7 Å². The minimum absolute atomic E-state index is 0.341. The van der Waals surface area contributed by atoms with E-state index in [2.05, 4.69) is 22.6 Å². The number of benzene rings is 1. The Morgan fingerprint density at radius 1 is 1.46 bits per heavy atom. The molecule has 1 nitrogen and oxygen atoms in total. The molecule has 0 saturated heterocycles. The summed E-state index contributed by atoms with van der Waals surface area (Å²) in [5, 5.41) is 10.6. The van der Waals surface area contributed by atoms with Crippen LogP contribution in [0, 0.1) is 3.57 Å². The molecule has 0 amide bonds. The zero-order valence-corrected chi connectivity index (χ0v) is 10.3. The molecule has 2 aromatic rings. The smallest absolute Gasteiger partial charge is 0.138 e. The molecule has 2 rings (SSSR count). The first-order valence-electron chi connectivity index (χ1n) is 3.68. The Hall–Kier alpha value is -0.000000000000000111. The highest BCUT2D eigenvalue weighted by atomic mass is 127. The van der Waals surface area contributed by atoms with Crippen molar-refractivity contribution in [2.45, 2.75) is 5.88 Å². The van der Waals surface area contributed by atoms with Gasteiger partial charge >= 0.3 is 0 Å². The SMILES string of the molecule is Oc1c(CCl)sc2ccc(I)cc12. The fourth-order valence-electron chi connectivity index (χ4n) is 1.20. The third-order valence-electron chi connectivity index (χ3n) is 1.82. The maximum atomic E-state index is 9.74. The van der Waals surface area contributed by atoms with Crippen molar-refractivity contribution < 1.29 is 5.11 Å². The van der Waals surface area contributed by atoms with Crippen LogP contribution in [0.4, 0.5) is 0 Å². The first kappa shape index (κ1) is 9.55. The topological polar surface area (TPSA) is 20.2 Å². The van der Waals surface area contributed by atoms with E-state index >= 15 is 0 Å². The molecule has 68 valence electrons. The van der Waals surface area contributed by atoms with Gasteiger partial charge in [0.15, 0.2) is 0 Å². The van der Waals surface area contributed by atoms with Crippen LogP contribution >= 0.6 is 45.5 Å². The van der Waals surface area contributed by atoms with Crippen LogP contribution < -0.4 is 0 Å². The summed E-state index contributed by atoms with van der Waals surface area (Å²) in [6.07, 6.45) is 0. The lowest BCUT2D eigenvalue weighted by molar-refractivity contribution is 0.479. The summed E-state index contributed by atoms with van der Waals surface area (Å²) in [5.41, 5.74) is 0. The maximum absolute atomic E-state index is 9.74. The van der Waals surface area contributed by atoms with Gasteiger partial charge in [-0.25, -0.2) is 0 Å². The Morgan fingerprint density at radius 2 is 2.23 bits per heavy atom. The van der Waals surface area contributed by atoms with E-state index in [9.17, 15) is 5.11 Å². The molecule has 13 heavy (non-hydrogen) atoms. The second-order valence-electron chi connectivity index (χ2n) is 2.65. The molecule has 0 spiro atoms. The zero-order valence-electron chi connectivity index (χ0n) is 6.55. The van der Waals surface area contributed by atoms with Crippen molar-refractivity contribution >= 4 is 55.6 Å². The normalized spacial score (nSPS) is 10.9. The molecule has 1 aromatic carbocycles. The zero-order chi connectivity index (χ0) is 9.42. The summed E-state index contributed by atoms with van der Waals surface area (Å²) in [7, 11) is 0. The van der Waals surface area contributed by atoms with Crippen molar-refractivity contribution in [1.82, 2.24) is 0 Å². The van der Waals surface area contributed by atoms with E-state index in [0.29, 0.717) is 11.6 Å². The molecule has 0 atom stereocenters. The van der Waals surface area contributed by atoms with E-state index in [4.69, 9.17) is 11.6 Å². The average Bonchev–Trinajstić information content (AvgIpc) is 2.44. The summed E-state index contributed by atoms with van der Waals surface area (Å²) in [4.78, 5) is 0.846. The lowest BCUT2D eigenvalue weighted by Gasteiger charge is -1.92. The molecule has 0 aliphatic heterocycles. The van der Waals surface area contributed by atoms with Gasteiger partial charge in [0.1, 0.15) is 5.75 Å². The molecule has 1 heterocycles. The van der Waals surface area contributed by atoms with E-state index in [1.54, 1.807) is 11.3 Å². The van der Waals surface area contributed by atoms with E-state index in [1.807, 2.05) is 18.2 Å². The third kappa shape index (κ3) is 1.65. The minimum atomic E-state index is 0.341. The Labute approximate surface area is 98.5 Å². The van der Waals surface area contributed by atoms with Crippen molar-refractivity contribution in [2.75, 3.05) is 0 Å². The molecular formula is C9H6ClIOS. The summed E-state index contributed by atoms with van der Waals surface area (Å²) >= 11 is 9.47. The maximum Gasteiger partial charge on any atom is 0.138 e. The Balaban J connectivity index is 2.77. The molecule has 0 saturated carbocycles. The van der Waals surface area contributed by atoms with Gasteiger partial charge in [-0.15, -0.1) is 22.9 Å². The van der Waals surface area contributed by atoms with E-state index in [0.717, 1.165) is 18.5 Å². The predicted octanol–water partition coefficient (Wildman–Crippen LogP) is 3.95. The summed E-state index contributed by atoms with van der Waals surface area (Å²) in [5.74, 6) is 0.718. The molecule has 0 unspecified atom stereocenters. The fraction of sp³-hybridized carbons (Fsp3) is 0.111. The van der Waals surface area contributed by atoms with Gasteiger partial charge in [-0.1, -0.05) is 0 Å². The second-order valence-corrected chi connectivity index (χ2v) is 5.30. The van der Waals surface area contributed by atoms with Gasteiger partial charge in [-0.2, -0.15) is 0 Å². The van der Waals surface area contributed by atoms with Crippen molar-refractivity contribution in [1.29, 1.82) is 0 Å². The molecule has 0 aliphatic carbocycles. The van der Waals surface area contributed by atoms with Crippen molar-refractivity contribution in [3.8, 4) is 5.75 Å². The Morgan fingerprint density at radius 3 is 2.92 bits per heavy atom. The van der Waals surface area contributed by atoms with Gasteiger partial charge in [-0.05, 0) is 40.8 Å². The summed E-state index contributed by atoms with van der Waals surface area (Å²) in [6.45, 7) is 0. The number of thiophene rings is 1. The number of fused-ring (bicyclic) bond motifs is 1. The Kier molecular flexibility index (Phi) is 2.67.